The lowest BCUT2D eigenvalue weighted by molar-refractivity contribution is -0.127. The normalized spacial score (nSPS) is 28.2. The summed E-state index contributed by atoms with van der Waals surface area (Å²) in [6.45, 7) is 6.02. The summed E-state index contributed by atoms with van der Waals surface area (Å²) in [6.07, 6.45) is 10.9. The summed E-state index contributed by atoms with van der Waals surface area (Å²) in [7, 11) is 0. The Hall–Kier alpha value is -1.75. The molecule has 2 N–H and O–H groups in total. The van der Waals surface area contributed by atoms with Crippen molar-refractivity contribution in [2.24, 2.45) is 11.8 Å². The van der Waals surface area contributed by atoms with Crippen LogP contribution in [0.3, 0.4) is 0 Å². The molecule has 0 bridgehead atoms. The number of hydrogen-bond donors (Lipinski definition) is 2. The van der Waals surface area contributed by atoms with Gasteiger partial charge in [-0.25, -0.2) is 0 Å². The lowest BCUT2D eigenvalue weighted by atomic mass is 9.82. The molecule has 0 aromatic carbocycles. The Morgan fingerprint density at radius 2 is 2.24 bits per heavy atom. The average Bonchev–Trinajstić information content (AvgIpc) is 2.89. The average molecular weight is 346 g/mol. The molecule has 1 saturated heterocycles. The number of carbonyl (C=O) groups excluding carboxylic acids is 1. The van der Waals surface area contributed by atoms with Gasteiger partial charge in [0, 0.05) is 31.2 Å². The van der Waals surface area contributed by atoms with E-state index in [-0.39, 0.29) is 11.7 Å². The van der Waals surface area contributed by atoms with Crippen LogP contribution in [0.2, 0.25) is 0 Å². The molecule has 0 spiro atoms. The van der Waals surface area contributed by atoms with Gasteiger partial charge in [0.25, 0.3) is 5.91 Å². The molecule has 0 aromatic heterocycles. The third-order valence-electron chi connectivity index (χ3n) is 5.59. The highest BCUT2D eigenvalue weighted by Gasteiger charge is 2.34. The molecule has 1 amide bonds. The van der Waals surface area contributed by atoms with Crippen molar-refractivity contribution < 1.29 is 14.6 Å². The molecule has 0 aromatic rings. The van der Waals surface area contributed by atoms with Crippen molar-refractivity contribution in [2.75, 3.05) is 13.2 Å². The zero-order chi connectivity index (χ0) is 17.8. The molecule has 5 heteroatoms. The molecule has 3 aliphatic heterocycles. The fraction of sp³-hybridized carbons (Fsp3) is 0.650. The highest BCUT2D eigenvalue weighted by atomic mass is 16.5. The fourth-order valence-electron chi connectivity index (χ4n) is 4.03. The van der Waals surface area contributed by atoms with Crippen molar-refractivity contribution >= 4 is 5.91 Å². The number of aliphatic hydroxyl groups is 1. The molecule has 3 atom stereocenters. The van der Waals surface area contributed by atoms with Crippen LogP contribution in [0.25, 0.3) is 0 Å². The van der Waals surface area contributed by atoms with Crippen LogP contribution in [0.5, 0.6) is 0 Å². The molecule has 5 nitrogen and oxygen atoms in total. The van der Waals surface area contributed by atoms with Crippen molar-refractivity contribution in [3.05, 3.63) is 35.4 Å². The Labute approximate surface area is 150 Å². The minimum Gasteiger partial charge on any atom is -0.508 e. The number of amides is 1. The summed E-state index contributed by atoms with van der Waals surface area (Å²) >= 11 is 0. The quantitative estimate of drug-likeness (QED) is 0.798. The van der Waals surface area contributed by atoms with Gasteiger partial charge in [-0.2, -0.15) is 0 Å². The van der Waals surface area contributed by atoms with Crippen molar-refractivity contribution in [3.8, 4) is 0 Å². The lowest BCUT2D eigenvalue weighted by Crippen LogP contribution is -2.51. The second-order valence-electron chi connectivity index (χ2n) is 7.41. The maximum absolute atomic E-state index is 12.5. The Morgan fingerprint density at radius 1 is 1.40 bits per heavy atom. The summed E-state index contributed by atoms with van der Waals surface area (Å²) < 4.78 is 5.56. The first-order chi connectivity index (χ1) is 12.1. The van der Waals surface area contributed by atoms with E-state index in [2.05, 4.69) is 19.2 Å². The van der Waals surface area contributed by atoms with Gasteiger partial charge in [-0.3, -0.25) is 9.69 Å². The highest BCUT2D eigenvalue weighted by molar-refractivity contribution is 5.95. The fourth-order valence-corrected chi connectivity index (χ4v) is 4.03. The number of aliphatic hydroxyl groups excluding tert-OH is 1. The van der Waals surface area contributed by atoms with Gasteiger partial charge in [0.05, 0.1) is 0 Å². The van der Waals surface area contributed by atoms with Crippen molar-refractivity contribution in [1.82, 2.24) is 10.2 Å². The molecule has 0 saturated carbocycles. The van der Waals surface area contributed by atoms with Crippen LogP contribution in [0, 0.1) is 11.8 Å². The standard InChI is InChI=1S/C20H30N2O3/c1-3-5-17-13-21-19-18(23)16(7-9-22(19)20(17)24)12-14(2)15-6-4-10-25-11-8-15/h7,9,13-15,19,21,23H,3-6,8,10-12H2,1-2H3/t14-,15?,19?/m1/s1. The van der Waals surface area contributed by atoms with Gasteiger partial charge in [-0.05, 0) is 55.6 Å². The Balaban J connectivity index is 1.69. The van der Waals surface area contributed by atoms with E-state index in [1.165, 1.54) is 6.42 Å². The summed E-state index contributed by atoms with van der Waals surface area (Å²) in [5.41, 5.74) is 1.71. The van der Waals surface area contributed by atoms with Gasteiger partial charge < -0.3 is 15.2 Å². The smallest absolute Gasteiger partial charge is 0.257 e. The third-order valence-corrected chi connectivity index (χ3v) is 5.59. The molecule has 3 rings (SSSR count). The van der Waals surface area contributed by atoms with E-state index in [4.69, 9.17) is 4.74 Å². The summed E-state index contributed by atoms with van der Waals surface area (Å²) in [6, 6.07) is 0. The maximum atomic E-state index is 12.5. The van der Waals surface area contributed by atoms with E-state index < -0.39 is 6.17 Å². The minimum atomic E-state index is -0.460. The number of fused-ring (bicyclic) bond motifs is 1. The van der Waals surface area contributed by atoms with Gasteiger partial charge in [0.1, 0.15) is 5.76 Å². The number of nitrogens with zero attached hydrogens (tertiary/aromatic N) is 1. The summed E-state index contributed by atoms with van der Waals surface area (Å²) in [5.74, 6) is 1.38. The molecule has 1 fully saturated rings. The third kappa shape index (κ3) is 3.92. The monoisotopic (exact) mass is 346 g/mol. The number of rotatable bonds is 5. The van der Waals surface area contributed by atoms with Crippen LogP contribution in [0.4, 0.5) is 0 Å². The van der Waals surface area contributed by atoms with Crippen LogP contribution >= 0.6 is 0 Å². The topological polar surface area (TPSA) is 61.8 Å². The molecule has 0 radical (unpaired) electrons. The Bertz CT molecular complexity index is 586. The zero-order valence-corrected chi connectivity index (χ0v) is 15.3. The summed E-state index contributed by atoms with van der Waals surface area (Å²) in [5, 5.41) is 13.9. The number of ether oxygens (including phenoxy) is 1. The van der Waals surface area contributed by atoms with Crippen molar-refractivity contribution in [1.29, 1.82) is 0 Å². The maximum Gasteiger partial charge on any atom is 0.257 e. The second kappa shape index (κ2) is 8.09. The van der Waals surface area contributed by atoms with E-state index in [0.29, 0.717) is 11.8 Å². The lowest BCUT2D eigenvalue weighted by Gasteiger charge is -2.37. The number of carbonyl (C=O) groups is 1. The largest absolute Gasteiger partial charge is 0.508 e. The van der Waals surface area contributed by atoms with Gasteiger partial charge in [0.15, 0.2) is 6.17 Å². The van der Waals surface area contributed by atoms with Gasteiger partial charge in [0.2, 0.25) is 0 Å². The van der Waals surface area contributed by atoms with Crippen LogP contribution < -0.4 is 5.32 Å². The highest BCUT2D eigenvalue weighted by Crippen LogP contribution is 2.33. The molecular weight excluding hydrogens is 316 g/mol. The van der Waals surface area contributed by atoms with E-state index in [9.17, 15) is 9.90 Å². The molecule has 3 heterocycles. The number of hydrogen-bond acceptors (Lipinski definition) is 4. The Morgan fingerprint density at radius 3 is 3.04 bits per heavy atom. The SMILES string of the molecule is CCCC1=CNC2C(O)=C(C[C@@H](C)C3CCCOCC3)C=CN2C1=O. The predicted molar refractivity (Wildman–Crippen MR) is 97.5 cm³/mol. The van der Waals surface area contributed by atoms with Crippen LogP contribution in [0.1, 0.15) is 52.4 Å². The van der Waals surface area contributed by atoms with Crippen molar-refractivity contribution in [3.63, 3.8) is 0 Å². The Kier molecular flexibility index (Phi) is 5.84. The second-order valence-corrected chi connectivity index (χ2v) is 7.41. The molecule has 25 heavy (non-hydrogen) atoms. The van der Waals surface area contributed by atoms with Crippen molar-refractivity contribution in [2.45, 2.75) is 58.5 Å². The molecule has 0 aliphatic carbocycles. The van der Waals surface area contributed by atoms with Gasteiger partial charge in [-0.1, -0.05) is 20.3 Å². The first-order valence-electron chi connectivity index (χ1n) is 9.57. The van der Waals surface area contributed by atoms with Gasteiger partial charge >= 0.3 is 0 Å². The molecule has 138 valence electrons. The van der Waals surface area contributed by atoms with Gasteiger partial charge in [-0.15, -0.1) is 0 Å². The van der Waals surface area contributed by atoms with E-state index in [1.54, 1.807) is 11.1 Å². The van der Waals surface area contributed by atoms with Crippen LogP contribution in [-0.4, -0.2) is 35.3 Å². The predicted octanol–water partition coefficient (Wildman–Crippen LogP) is 3.61. The number of allylic oxidation sites excluding steroid dienone is 2. The number of nitrogens with one attached hydrogen (secondary N) is 1. The first kappa shape index (κ1) is 18.1. The summed E-state index contributed by atoms with van der Waals surface area (Å²) in [4.78, 5) is 14.1. The molecule has 2 unspecified atom stereocenters. The molecule has 3 aliphatic rings. The van der Waals surface area contributed by atoms with E-state index in [1.807, 2.05) is 12.3 Å². The van der Waals surface area contributed by atoms with E-state index in [0.717, 1.165) is 56.5 Å². The van der Waals surface area contributed by atoms with E-state index >= 15 is 0 Å². The zero-order valence-electron chi connectivity index (χ0n) is 15.3. The molecular formula is C20H30N2O3. The van der Waals surface area contributed by atoms with Crippen LogP contribution in [-0.2, 0) is 9.53 Å². The van der Waals surface area contributed by atoms with Crippen LogP contribution in [0.15, 0.2) is 35.4 Å². The first-order valence-corrected chi connectivity index (χ1v) is 9.57. The minimum absolute atomic E-state index is 0.0126.